The number of nitrogens with zero attached hydrogens (tertiary/aromatic N) is 2. The topological polar surface area (TPSA) is 71.9 Å². The van der Waals surface area contributed by atoms with Crippen LogP contribution in [-0.4, -0.2) is 59.0 Å². The van der Waals surface area contributed by atoms with Crippen molar-refractivity contribution in [1.29, 1.82) is 0 Å². The smallest absolute Gasteiger partial charge is 0.329 e. The van der Waals surface area contributed by atoms with Crippen LogP contribution in [0.2, 0.25) is 0 Å². The summed E-state index contributed by atoms with van der Waals surface area (Å²) < 4.78 is 11.4. The number of thiazole rings is 1. The highest BCUT2D eigenvalue weighted by molar-refractivity contribution is 7.09. The molecule has 1 aromatic heterocycles. The van der Waals surface area contributed by atoms with Gasteiger partial charge in [0.15, 0.2) is 0 Å². The van der Waals surface area contributed by atoms with Crippen molar-refractivity contribution >= 4 is 17.3 Å². The minimum Gasteiger partial charge on any atom is -0.480 e. The number of aliphatic carboxylic acids is 1. The Kier molecular flexibility index (Phi) is 4.77. The fourth-order valence-corrected chi connectivity index (χ4v) is 4.43. The Bertz CT molecular complexity index is 510. The lowest BCUT2D eigenvalue weighted by molar-refractivity contribution is -0.148. The molecule has 0 bridgehead atoms. The molecule has 1 aromatic rings. The molecule has 2 fully saturated rings. The molecule has 0 radical (unpaired) electrons. The van der Waals surface area contributed by atoms with Gasteiger partial charge in [0.2, 0.25) is 0 Å². The molecule has 6 nitrogen and oxygen atoms in total. The number of methoxy groups -OCH3 is 1. The second-order valence-electron chi connectivity index (χ2n) is 6.07. The van der Waals surface area contributed by atoms with Gasteiger partial charge in [-0.3, -0.25) is 9.88 Å². The van der Waals surface area contributed by atoms with Crippen molar-refractivity contribution in [2.24, 2.45) is 0 Å². The molecule has 3 atom stereocenters. The van der Waals surface area contributed by atoms with E-state index in [1.807, 2.05) is 11.7 Å². The molecule has 122 valence electrons. The van der Waals surface area contributed by atoms with E-state index in [2.05, 4.69) is 9.88 Å². The molecule has 1 N–H and O–H groups in total. The summed E-state index contributed by atoms with van der Waals surface area (Å²) in [5.74, 6) is -0.906. The molecule has 1 aliphatic heterocycles. The van der Waals surface area contributed by atoms with Crippen LogP contribution in [0, 0.1) is 0 Å². The van der Waals surface area contributed by atoms with E-state index >= 15 is 0 Å². The summed E-state index contributed by atoms with van der Waals surface area (Å²) in [5, 5.41) is 8.79. The highest BCUT2D eigenvalue weighted by Crippen LogP contribution is 2.43. The molecule has 2 aliphatic rings. The van der Waals surface area contributed by atoms with Crippen LogP contribution >= 0.6 is 11.3 Å². The fraction of sp³-hybridized carbons (Fsp3) is 0.733. The molecule has 7 heteroatoms. The third-order valence-electron chi connectivity index (χ3n) is 4.94. The minimum absolute atomic E-state index is 0.00596. The van der Waals surface area contributed by atoms with Crippen molar-refractivity contribution < 1.29 is 19.4 Å². The van der Waals surface area contributed by atoms with Gasteiger partial charge in [-0.2, -0.15) is 0 Å². The van der Waals surface area contributed by atoms with Gasteiger partial charge in [0.05, 0.1) is 17.2 Å². The van der Waals surface area contributed by atoms with E-state index in [-0.39, 0.29) is 24.4 Å². The van der Waals surface area contributed by atoms with Gasteiger partial charge in [-0.15, -0.1) is 11.3 Å². The lowest BCUT2D eigenvalue weighted by Crippen LogP contribution is -2.51. The monoisotopic (exact) mass is 326 g/mol. The maximum absolute atomic E-state index is 10.7. The Labute approximate surface area is 134 Å². The zero-order valence-electron chi connectivity index (χ0n) is 12.7. The standard InChI is InChI=1S/C15H22N2O4S/c1-20-15-3-2-11(21-9-14(18)19)6-13(15)17(5-4-15)8-12-7-16-10-22-12/h7,10-11,13H,2-6,8-9H2,1H3,(H,18,19)/t11-,13-,15+/m0/s1. The second-order valence-corrected chi connectivity index (χ2v) is 7.04. The van der Waals surface area contributed by atoms with E-state index in [4.69, 9.17) is 14.6 Å². The molecular weight excluding hydrogens is 304 g/mol. The maximum atomic E-state index is 10.7. The number of hydrogen-bond donors (Lipinski definition) is 1. The average molecular weight is 326 g/mol. The Morgan fingerprint density at radius 3 is 3.14 bits per heavy atom. The van der Waals surface area contributed by atoms with Crippen LogP contribution in [0.4, 0.5) is 0 Å². The molecule has 2 heterocycles. The van der Waals surface area contributed by atoms with Crippen molar-refractivity contribution in [2.45, 2.75) is 50.0 Å². The second kappa shape index (κ2) is 6.62. The molecule has 0 aromatic carbocycles. The van der Waals surface area contributed by atoms with Crippen LogP contribution in [0.25, 0.3) is 0 Å². The third kappa shape index (κ3) is 3.17. The Hall–Kier alpha value is -1.02. The first-order valence-electron chi connectivity index (χ1n) is 7.63. The Balaban J connectivity index is 1.68. The van der Waals surface area contributed by atoms with Gasteiger partial charge < -0.3 is 14.6 Å². The number of carbonyl (C=O) groups is 1. The summed E-state index contributed by atoms with van der Waals surface area (Å²) in [5.41, 5.74) is 1.75. The predicted molar refractivity (Wildman–Crippen MR) is 81.9 cm³/mol. The van der Waals surface area contributed by atoms with Crippen LogP contribution in [0.1, 0.15) is 30.6 Å². The van der Waals surface area contributed by atoms with Crippen LogP contribution in [-0.2, 0) is 20.8 Å². The van der Waals surface area contributed by atoms with Crippen molar-refractivity contribution in [1.82, 2.24) is 9.88 Å². The van der Waals surface area contributed by atoms with Crippen molar-refractivity contribution in [2.75, 3.05) is 20.3 Å². The fourth-order valence-electron chi connectivity index (χ4n) is 3.81. The normalized spacial score (nSPS) is 32.0. The largest absolute Gasteiger partial charge is 0.480 e. The minimum atomic E-state index is -0.906. The van der Waals surface area contributed by atoms with Gasteiger partial charge in [0.25, 0.3) is 0 Å². The highest BCUT2D eigenvalue weighted by atomic mass is 32.1. The van der Waals surface area contributed by atoms with Crippen molar-refractivity contribution in [3.63, 3.8) is 0 Å². The molecule has 0 unspecified atom stereocenters. The van der Waals surface area contributed by atoms with Crippen LogP contribution in [0.3, 0.4) is 0 Å². The lowest BCUT2D eigenvalue weighted by atomic mass is 9.79. The van der Waals surface area contributed by atoms with E-state index in [1.54, 1.807) is 18.4 Å². The number of carboxylic acids is 1. The van der Waals surface area contributed by atoms with E-state index in [0.717, 1.165) is 38.8 Å². The zero-order chi connectivity index (χ0) is 15.6. The van der Waals surface area contributed by atoms with E-state index in [0.29, 0.717) is 0 Å². The van der Waals surface area contributed by atoms with Crippen LogP contribution in [0.15, 0.2) is 11.7 Å². The van der Waals surface area contributed by atoms with E-state index < -0.39 is 5.97 Å². The predicted octanol–water partition coefficient (Wildman–Crippen LogP) is 1.76. The van der Waals surface area contributed by atoms with E-state index in [9.17, 15) is 4.79 Å². The number of rotatable bonds is 6. The molecule has 1 aliphatic carbocycles. The van der Waals surface area contributed by atoms with Gasteiger partial charge in [0.1, 0.15) is 6.61 Å². The third-order valence-corrected chi connectivity index (χ3v) is 5.70. The first-order valence-corrected chi connectivity index (χ1v) is 8.51. The van der Waals surface area contributed by atoms with Gasteiger partial charge >= 0.3 is 5.97 Å². The molecule has 1 saturated carbocycles. The van der Waals surface area contributed by atoms with Gasteiger partial charge in [0, 0.05) is 37.3 Å². The molecule has 3 rings (SSSR count). The Morgan fingerprint density at radius 2 is 2.45 bits per heavy atom. The number of aromatic nitrogens is 1. The number of carboxylic acid groups (broad SMARTS) is 1. The molecule has 1 saturated heterocycles. The number of hydrogen-bond acceptors (Lipinski definition) is 6. The van der Waals surface area contributed by atoms with Crippen LogP contribution in [0.5, 0.6) is 0 Å². The lowest BCUT2D eigenvalue weighted by Gasteiger charge is -2.43. The highest BCUT2D eigenvalue weighted by Gasteiger charge is 2.51. The van der Waals surface area contributed by atoms with Gasteiger partial charge in [-0.1, -0.05) is 0 Å². The number of fused-ring (bicyclic) bond motifs is 1. The molecule has 22 heavy (non-hydrogen) atoms. The summed E-state index contributed by atoms with van der Waals surface area (Å²) in [7, 11) is 1.79. The van der Waals surface area contributed by atoms with Gasteiger partial charge in [-0.05, 0) is 25.7 Å². The Morgan fingerprint density at radius 1 is 1.59 bits per heavy atom. The number of likely N-dealkylation sites (tertiary alicyclic amines) is 1. The van der Waals surface area contributed by atoms with E-state index in [1.165, 1.54) is 4.88 Å². The number of ether oxygens (including phenoxy) is 2. The zero-order valence-corrected chi connectivity index (χ0v) is 13.6. The average Bonchev–Trinajstić information content (AvgIpc) is 3.14. The summed E-state index contributed by atoms with van der Waals surface area (Å²) in [6.45, 7) is 1.67. The SMILES string of the molecule is CO[C@@]12CC[C@H](OCC(=O)O)C[C@@H]1N(Cc1cncs1)CC2. The first-order chi connectivity index (χ1) is 10.6. The van der Waals surface area contributed by atoms with Crippen molar-refractivity contribution in [3.05, 3.63) is 16.6 Å². The summed E-state index contributed by atoms with van der Waals surface area (Å²) in [6, 6.07) is 0.284. The molecule has 0 spiro atoms. The summed E-state index contributed by atoms with van der Waals surface area (Å²) >= 11 is 1.67. The summed E-state index contributed by atoms with van der Waals surface area (Å²) in [6.07, 6.45) is 5.58. The quantitative estimate of drug-likeness (QED) is 0.859. The van der Waals surface area contributed by atoms with Crippen LogP contribution < -0.4 is 0 Å². The molecular formula is C15H22N2O4S. The van der Waals surface area contributed by atoms with Gasteiger partial charge in [-0.25, -0.2) is 4.79 Å². The maximum Gasteiger partial charge on any atom is 0.329 e. The molecule has 0 amide bonds. The first kappa shape index (κ1) is 15.9. The summed E-state index contributed by atoms with van der Waals surface area (Å²) in [4.78, 5) is 18.5. The van der Waals surface area contributed by atoms with Crippen molar-refractivity contribution in [3.8, 4) is 0 Å².